The summed E-state index contributed by atoms with van der Waals surface area (Å²) in [6.45, 7) is -0.741. The third-order valence-corrected chi connectivity index (χ3v) is 1.48. The molecule has 0 saturated carbocycles. The van der Waals surface area contributed by atoms with E-state index in [1.54, 1.807) is 0 Å². The van der Waals surface area contributed by atoms with E-state index in [2.05, 4.69) is 5.73 Å². The fraction of sp³-hybridized carbons (Fsp3) is 0.833. The van der Waals surface area contributed by atoms with Crippen molar-refractivity contribution in [2.75, 3.05) is 6.54 Å². The lowest BCUT2D eigenvalue weighted by Gasteiger charge is -2.25. The van der Waals surface area contributed by atoms with Crippen LogP contribution in [0.4, 0.5) is 22.0 Å². The van der Waals surface area contributed by atoms with E-state index < -0.39 is 30.6 Å². The zero-order chi connectivity index (χ0) is 11.6. The van der Waals surface area contributed by atoms with Crippen molar-refractivity contribution in [3.05, 3.63) is 0 Å². The predicted octanol–water partition coefficient (Wildman–Crippen LogP) is 0.647. The average molecular weight is 220 g/mol. The van der Waals surface area contributed by atoms with Crippen LogP contribution in [0.3, 0.4) is 0 Å². The first-order valence-corrected chi connectivity index (χ1v) is 3.51. The number of carbonyl (C=O) groups is 1. The van der Waals surface area contributed by atoms with E-state index in [1.807, 2.05) is 0 Å². The van der Waals surface area contributed by atoms with Crippen molar-refractivity contribution in [1.82, 2.24) is 5.32 Å². The summed E-state index contributed by atoms with van der Waals surface area (Å²) in [5.41, 5.74) is 1.49. The molecule has 8 heteroatoms. The Morgan fingerprint density at radius 1 is 1.43 bits per heavy atom. The lowest BCUT2D eigenvalue weighted by Crippen LogP contribution is -2.61. The maximum absolute atomic E-state index is 12.0. The molecule has 0 fully saturated rings. The monoisotopic (exact) mass is 220 g/mol. The van der Waals surface area contributed by atoms with Gasteiger partial charge in [0.25, 0.3) is 6.43 Å². The zero-order valence-electron chi connectivity index (χ0n) is 7.16. The highest BCUT2D eigenvalue weighted by molar-refractivity contribution is 5.86. The Balaban J connectivity index is 4.38. The number of halogens is 5. The number of amides is 1. The molecule has 0 aliphatic heterocycles. The zero-order valence-corrected chi connectivity index (χ0v) is 7.16. The van der Waals surface area contributed by atoms with Gasteiger partial charge in [-0.25, -0.2) is 8.78 Å². The van der Waals surface area contributed by atoms with Crippen LogP contribution in [0.5, 0.6) is 0 Å². The Hall–Kier alpha value is -0.920. The number of carbonyl (C=O) groups excluding carboxylic acids is 1. The van der Waals surface area contributed by atoms with E-state index in [0.29, 0.717) is 6.92 Å². The Morgan fingerprint density at radius 2 is 1.86 bits per heavy atom. The van der Waals surface area contributed by atoms with Gasteiger partial charge >= 0.3 is 6.18 Å². The van der Waals surface area contributed by atoms with Gasteiger partial charge in [0.05, 0.1) is 6.54 Å². The number of hydrogen-bond acceptors (Lipinski definition) is 2. The summed E-state index contributed by atoms with van der Waals surface area (Å²) in [6, 6.07) is 0. The molecule has 0 aromatic heterocycles. The second kappa shape index (κ2) is 4.07. The number of rotatable bonds is 3. The fourth-order valence-corrected chi connectivity index (χ4v) is 0.482. The van der Waals surface area contributed by atoms with Crippen molar-refractivity contribution in [2.24, 2.45) is 5.73 Å². The SMILES string of the molecule is CC(N)(C(=O)NCC(F)F)C(F)(F)F. The fourth-order valence-electron chi connectivity index (χ4n) is 0.482. The van der Waals surface area contributed by atoms with Gasteiger partial charge in [-0.1, -0.05) is 0 Å². The van der Waals surface area contributed by atoms with Gasteiger partial charge in [0.15, 0.2) is 5.54 Å². The molecular formula is C6H9F5N2O. The minimum absolute atomic E-state index is 0.411. The van der Waals surface area contributed by atoms with Crippen molar-refractivity contribution in [3.63, 3.8) is 0 Å². The highest BCUT2D eigenvalue weighted by Gasteiger charge is 2.53. The van der Waals surface area contributed by atoms with Crippen LogP contribution in [0.1, 0.15) is 6.92 Å². The summed E-state index contributed by atoms with van der Waals surface area (Å²) in [6.07, 6.45) is -7.89. The molecule has 84 valence electrons. The number of nitrogens with one attached hydrogen (secondary N) is 1. The average Bonchev–Trinajstić information content (AvgIpc) is 1.97. The van der Waals surface area contributed by atoms with Gasteiger partial charge in [-0.2, -0.15) is 13.2 Å². The summed E-state index contributed by atoms with van der Waals surface area (Å²) in [5, 5.41) is 1.39. The van der Waals surface area contributed by atoms with Crippen LogP contribution in [0.15, 0.2) is 0 Å². The van der Waals surface area contributed by atoms with Crippen molar-refractivity contribution in [3.8, 4) is 0 Å². The highest BCUT2D eigenvalue weighted by atomic mass is 19.4. The predicted molar refractivity (Wildman–Crippen MR) is 37.7 cm³/mol. The normalized spacial score (nSPS) is 16.6. The number of hydrogen-bond donors (Lipinski definition) is 2. The summed E-state index contributed by atoms with van der Waals surface area (Å²) >= 11 is 0. The maximum Gasteiger partial charge on any atom is 0.415 e. The standard InChI is InChI=1S/C6H9F5N2O/c1-5(12,6(9,10)11)4(14)13-2-3(7)8/h3H,2,12H2,1H3,(H,13,14). The van der Waals surface area contributed by atoms with Crippen LogP contribution in [-0.4, -0.2) is 30.6 Å². The Labute approximate surface area is 76.4 Å². The molecule has 1 atom stereocenters. The molecule has 0 spiro atoms. The molecule has 0 radical (unpaired) electrons. The molecule has 3 N–H and O–H groups in total. The maximum atomic E-state index is 12.0. The smallest absolute Gasteiger partial charge is 0.348 e. The van der Waals surface area contributed by atoms with Crippen molar-refractivity contribution >= 4 is 5.91 Å². The van der Waals surface area contributed by atoms with Gasteiger partial charge in [0.1, 0.15) is 0 Å². The Kier molecular flexibility index (Phi) is 3.81. The lowest BCUT2D eigenvalue weighted by atomic mass is 10.0. The number of nitrogens with two attached hydrogens (primary N) is 1. The highest BCUT2D eigenvalue weighted by Crippen LogP contribution is 2.27. The van der Waals surface area contributed by atoms with E-state index in [0.717, 1.165) is 0 Å². The second-order valence-corrected chi connectivity index (χ2v) is 2.80. The second-order valence-electron chi connectivity index (χ2n) is 2.80. The summed E-state index contributed by atoms with van der Waals surface area (Å²) in [7, 11) is 0. The minimum Gasteiger partial charge on any atom is -0.348 e. The van der Waals surface area contributed by atoms with Crippen LogP contribution in [0, 0.1) is 0 Å². The van der Waals surface area contributed by atoms with Crippen LogP contribution in [-0.2, 0) is 4.79 Å². The van der Waals surface area contributed by atoms with Crippen molar-refractivity contribution in [2.45, 2.75) is 25.1 Å². The van der Waals surface area contributed by atoms with Gasteiger partial charge in [0.2, 0.25) is 5.91 Å². The molecular weight excluding hydrogens is 211 g/mol. The lowest BCUT2D eigenvalue weighted by molar-refractivity contribution is -0.187. The van der Waals surface area contributed by atoms with Crippen LogP contribution in [0.2, 0.25) is 0 Å². The van der Waals surface area contributed by atoms with Crippen molar-refractivity contribution in [1.29, 1.82) is 0 Å². The molecule has 0 aliphatic carbocycles. The van der Waals surface area contributed by atoms with Gasteiger partial charge in [-0.3, -0.25) is 4.79 Å². The molecule has 14 heavy (non-hydrogen) atoms. The van der Waals surface area contributed by atoms with Gasteiger partial charge in [-0.15, -0.1) is 0 Å². The molecule has 0 bridgehead atoms. The molecule has 1 amide bonds. The molecule has 0 rings (SSSR count). The van der Waals surface area contributed by atoms with E-state index >= 15 is 0 Å². The van der Waals surface area contributed by atoms with E-state index in [4.69, 9.17) is 0 Å². The van der Waals surface area contributed by atoms with E-state index in [-0.39, 0.29) is 0 Å². The van der Waals surface area contributed by atoms with Gasteiger partial charge in [0, 0.05) is 0 Å². The summed E-state index contributed by atoms with van der Waals surface area (Å²) in [5.74, 6) is -1.68. The molecule has 1 unspecified atom stereocenters. The minimum atomic E-state index is -4.97. The van der Waals surface area contributed by atoms with Gasteiger partial charge < -0.3 is 11.1 Å². The Morgan fingerprint density at radius 3 is 2.14 bits per heavy atom. The largest absolute Gasteiger partial charge is 0.415 e. The van der Waals surface area contributed by atoms with Gasteiger partial charge in [-0.05, 0) is 6.92 Å². The quantitative estimate of drug-likeness (QED) is 0.686. The molecule has 0 heterocycles. The van der Waals surface area contributed by atoms with Crippen molar-refractivity contribution < 1.29 is 26.7 Å². The number of alkyl halides is 5. The Bertz CT molecular complexity index is 213. The van der Waals surface area contributed by atoms with E-state index in [9.17, 15) is 26.7 Å². The molecule has 0 aromatic rings. The van der Waals surface area contributed by atoms with E-state index in [1.165, 1.54) is 5.32 Å². The first-order chi connectivity index (χ1) is 6.09. The summed E-state index contributed by atoms with van der Waals surface area (Å²) in [4.78, 5) is 10.7. The molecule has 0 aliphatic rings. The third kappa shape index (κ3) is 3.09. The summed E-state index contributed by atoms with van der Waals surface area (Å²) < 4.78 is 59.2. The molecule has 3 nitrogen and oxygen atoms in total. The first-order valence-electron chi connectivity index (χ1n) is 3.51. The molecule has 0 aromatic carbocycles. The first kappa shape index (κ1) is 13.1. The molecule has 0 saturated heterocycles. The third-order valence-electron chi connectivity index (χ3n) is 1.48. The topological polar surface area (TPSA) is 55.1 Å². The van der Waals surface area contributed by atoms with Crippen LogP contribution in [0.25, 0.3) is 0 Å². The van der Waals surface area contributed by atoms with Crippen LogP contribution >= 0.6 is 0 Å². The van der Waals surface area contributed by atoms with Crippen LogP contribution < -0.4 is 11.1 Å².